The molecule has 0 bridgehead atoms. The number of furan rings is 1. The summed E-state index contributed by atoms with van der Waals surface area (Å²) < 4.78 is 11.2. The molecule has 1 aliphatic heterocycles. The summed E-state index contributed by atoms with van der Waals surface area (Å²) in [5.74, 6) is 0.752. The van der Waals surface area contributed by atoms with Crippen molar-refractivity contribution >= 4 is 6.29 Å². The number of rotatable bonds is 4. The molecule has 2 aromatic heterocycles. The van der Waals surface area contributed by atoms with Gasteiger partial charge in [0, 0.05) is 22.6 Å². The standard InChI is InChI=1S/C22H24N2O3/c1-2-15-19(13-27-20(15)11-25)22-17(10-23)16-8-9-26-12-18(16)21(24-22)14-6-4-3-5-7-14/h11,13-14H,2-9,12H2,1H3. The van der Waals surface area contributed by atoms with E-state index in [9.17, 15) is 10.1 Å². The van der Waals surface area contributed by atoms with Crippen molar-refractivity contribution in [3.63, 3.8) is 0 Å². The predicted molar refractivity (Wildman–Crippen MR) is 101 cm³/mol. The van der Waals surface area contributed by atoms with Gasteiger partial charge in [-0.3, -0.25) is 9.78 Å². The van der Waals surface area contributed by atoms with Crippen LogP contribution in [0.4, 0.5) is 0 Å². The van der Waals surface area contributed by atoms with Crippen molar-refractivity contribution < 1.29 is 13.9 Å². The molecule has 0 radical (unpaired) electrons. The molecule has 27 heavy (non-hydrogen) atoms. The van der Waals surface area contributed by atoms with Crippen LogP contribution in [0, 0.1) is 11.3 Å². The molecule has 0 aromatic carbocycles. The van der Waals surface area contributed by atoms with E-state index in [0.717, 1.165) is 53.5 Å². The molecule has 5 nitrogen and oxygen atoms in total. The molecule has 0 atom stereocenters. The second kappa shape index (κ2) is 7.66. The number of nitriles is 1. The number of aromatic nitrogens is 1. The molecule has 0 spiro atoms. The maximum absolute atomic E-state index is 11.3. The first-order valence-electron chi connectivity index (χ1n) is 9.87. The van der Waals surface area contributed by atoms with E-state index in [1.165, 1.54) is 19.3 Å². The van der Waals surface area contributed by atoms with Crippen molar-refractivity contribution in [1.29, 1.82) is 5.26 Å². The minimum absolute atomic E-state index is 0.332. The second-order valence-electron chi connectivity index (χ2n) is 7.39. The van der Waals surface area contributed by atoms with Gasteiger partial charge in [0.25, 0.3) is 0 Å². The lowest BCUT2D eigenvalue weighted by molar-refractivity contribution is 0.109. The number of pyridine rings is 1. The molecule has 5 heteroatoms. The van der Waals surface area contributed by atoms with Crippen molar-refractivity contribution in [3.05, 3.63) is 40.0 Å². The summed E-state index contributed by atoms with van der Waals surface area (Å²) in [5.41, 5.74) is 6.18. The fraction of sp³-hybridized carbons (Fsp3) is 0.500. The minimum atomic E-state index is 0.332. The van der Waals surface area contributed by atoms with Gasteiger partial charge in [0.2, 0.25) is 0 Å². The van der Waals surface area contributed by atoms with Crippen LogP contribution in [0.5, 0.6) is 0 Å². The van der Waals surface area contributed by atoms with E-state index in [4.69, 9.17) is 14.1 Å². The molecule has 1 saturated carbocycles. The van der Waals surface area contributed by atoms with E-state index in [1.807, 2.05) is 6.92 Å². The molecular weight excluding hydrogens is 340 g/mol. The molecule has 0 unspecified atom stereocenters. The first-order valence-corrected chi connectivity index (χ1v) is 9.87. The van der Waals surface area contributed by atoms with Gasteiger partial charge in [-0.15, -0.1) is 0 Å². The highest BCUT2D eigenvalue weighted by Gasteiger charge is 2.29. The predicted octanol–water partition coefficient (Wildman–Crippen LogP) is 4.71. The Morgan fingerprint density at radius 1 is 1.30 bits per heavy atom. The smallest absolute Gasteiger partial charge is 0.185 e. The highest BCUT2D eigenvalue weighted by atomic mass is 16.5. The van der Waals surface area contributed by atoms with E-state index < -0.39 is 0 Å². The van der Waals surface area contributed by atoms with Crippen molar-refractivity contribution in [2.24, 2.45) is 0 Å². The zero-order valence-electron chi connectivity index (χ0n) is 15.7. The van der Waals surface area contributed by atoms with Crippen LogP contribution in [-0.2, 0) is 24.2 Å². The zero-order valence-corrected chi connectivity index (χ0v) is 15.7. The van der Waals surface area contributed by atoms with Crippen LogP contribution in [-0.4, -0.2) is 17.9 Å². The highest BCUT2D eigenvalue weighted by Crippen LogP contribution is 2.40. The molecule has 0 N–H and O–H groups in total. The number of nitrogens with zero attached hydrogens (tertiary/aromatic N) is 2. The lowest BCUT2D eigenvalue weighted by Crippen LogP contribution is -2.20. The van der Waals surface area contributed by atoms with Gasteiger partial charge in [0.05, 0.1) is 30.2 Å². The van der Waals surface area contributed by atoms with Crippen molar-refractivity contribution in [3.8, 4) is 17.3 Å². The number of hydrogen-bond donors (Lipinski definition) is 0. The molecule has 2 aliphatic rings. The lowest BCUT2D eigenvalue weighted by Gasteiger charge is -2.28. The normalized spacial score (nSPS) is 17.3. The Balaban J connectivity index is 1.95. The van der Waals surface area contributed by atoms with Gasteiger partial charge in [-0.2, -0.15) is 5.26 Å². The van der Waals surface area contributed by atoms with Gasteiger partial charge in [-0.05, 0) is 31.2 Å². The summed E-state index contributed by atoms with van der Waals surface area (Å²) in [7, 11) is 0. The topological polar surface area (TPSA) is 76.1 Å². The maximum atomic E-state index is 11.3. The molecule has 1 fully saturated rings. The molecule has 0 saturated heterocycles. The average Bonchev–Trinajstić information content (AvgIpc) is 3.16. The Bertz CT molecular complexity index is 901. The quantitative estimate of drug-likeness (QED) is 0.735. The Morgan fingerprint density at radius 3 is 2.81 bits per heavy atom. The van der Waals surface area contributed by atoms with E-state index in [0.29, 0.717) is 42.6 Å². The summed E-state index contributed by atoms with van der Waals surface area (Å²) in [6.45, 7) is 3.15. The van der Waals surface area contributed by atoms with E-state index in [1.54, 1.807) is 6.26 Å². The largest absolute Gasteiger partial charge is 0.461 e. The number of fused-ring (bicyclic) bond motifs is 1. The van der Waals surface area contributed by atoms with Gasteiger partial charge < -0.3 is 9.15 Å². The van der Waals surface area contributed by atoms with Crippen LogP contribution in [0.15, 0.2) is 10.7 Å². The SMILES string of the molecule is CCc1c(-c2nc(C3CCCCC3)c3c(c2C#N)CCOC3)coc1C=O. The number of carbonyl (C=O) groups excluding carboxylic acids is 1. The van der Waals surface area contributed by atoms with E-state index in [-0.39, 0.29) is 0 Å². The van der Waals surface area contributed by atoms with Crippen LogP contribution in [0.2, 0.25) is 0 Å². The van der Waals surface area contributed by atoms with Gasteiger partial charge in [-0.25, -0.2) is 0 Å². The van der Waals surface area contributed by atoms with Crippen LogP contribution < -0.4 is 0 Å². The van der Waals surface area contributed by atoms with E-state index in [2.05, 4.69) is 6.07 Å². The molecular formula is C22H24N2O3. The fourth-order valence-corrected chi connectivity index (χ4v) is 4.57. The summed E-state index contributed by atoms with van der Waals surface area (Å²) in [6, 6.07) is 2.38. The molecule has 4 rings (SSSR count). The Hall–Kier alpha value is -2.45. The lowest BCUT2D eigenvalue weighted by atomic mass is 9.82. The second-order valence-corrected chi connectivity index (χ2v) is 7.39. The third-order valence-electron chi connectivity index (χ3n) is 5.93. The number of ether oxygens (including phenoxy) is 1. The van der Waals surface area contributed by atoms with E-state index >= 15 is 0 Å². The Morgan fingerprint density at radius 2 is 2.11 bits per heavy atom. The highest BCUT2D eigenvalue weighted by molar-refractivity contribution is 5.81. The molecule has 0 amide bonds. The minimum Gasteiger partial charge on any atom is -0.461 e. The van der Waals surface area contributed by atoms with Crippen molar-refractivity contribution in [2.75, 3.05) is 6.61 Å². The van der Waals surface area contributed by atoms with Crippen molar-refractivity contribution in [1.82, 2.24) is 4.98 Å². The van der Waals surface area contributed by atoms with Gasteiger partial charge in [-0.1, -0.05) is 26.2 Å². The summed E-state index contributed by atoms with van der Waals surface area (Å²) in [5, 5.41) is 9.93. The van der Waals surface area contributed by atoms with Gasteiger partial charge in [0.1, 0.15) is 12.3 Å². The molecule has 140 valence electrons. The average molecular weight is 364 g/mol. The van der Waals surface area contributed by atoms with Gasteiger partial charge in [0.15, 0.2) is 12.0 Å². The van der Waals surface area contributed by atoms with Crippen LogP contribution in [0.25, 0.3) is 11.3 Å². The molecule has 2 aromatic rings. The first-order chi connectivity index (χ1) is 13.3. The van der Waals surface area contributed by atoms with Crippen molar-refractivity contribution in [2.45, 2.75) is 64.4 Å². The van der Waals surface area contributed by atoms with Crippen LogP contribution in [0.3, 0.4) is 0 Å². The number of carbonyl (C=O) groups is 1. The zero-order chi connectivity index (χ0) is 18.8. The third kappa shape index (κ3) is 3.08. The Labute approximate surface area is 159 Å². The summed E-state index contributed by atoms with van der Waals surface area (Å²) >= 11 is 0. The van der Waals surface area contributed by atoms with Crippen LogP contribution in [0.1, 0.15) is 83.4 Å². The monoisotopic (exact) mass is 364 g/mol. The van der Waals surface area contributed by atoms with Gasteiger partial charge >= 0.3 is 0 Å². The molecule has 1 aliphatic carbocycles. The summed E-state index contributed by atoms with van der Waals surface area (Å²) in [6.07, 6.45) is 9.70. The van der Waals surface area contributed by atoms with Crippen LogP contribution >= 0.6 is 0 Å². The molecule has 3 heterocycles. The fourth-order valence-electron chi connectivity index (χ4n) is 4.57. The third-order valence-corrected chi connectivity index (χ3v) is 5.93. The Kier molecular flexibility index (Phi) is 5.09. The maximum Gasteiger partial charge on any atom is 0.185 e. The first kappa shape index (κ1) is 17.9. The number of aldehydes is 1. The number of hydrogen-bond acceptors (Lipinski definition) is 5. The summed E-state index contributed by atoms with van der Waals surface area (Å²) in [4.78, 5) is 16.4.